The molecule has 2 aliphatic heterocycles. The molecule has 6 heteroatoms. The first kappa shape index (κ1) is 20.1. The molecule has 0 bridgehead atoms. The number of nitrogens with zero attached hydrogens (tertiary/aromatic N) is 3. The molecule has 0 amide bonds. The molecule has 2 fully saturated rings. The van der Waals surface area contributed by atoms with Crippen LogP contribution in [0.2, 0.25) is 0 Å². The lowest BCUT2D eigenvalue weighted by Crippen LogP contribution is -2.46. The number of anilines is 2. The zero-order valence-electron chi connectivity index (χ0n) is 18.1. The minimum absolute atomic E-state index is 0.159. The standard InChI is InChI=1S/C25H30N4O2/c1-19-23(18-27-9-11-28(12-10-27)20-5-3-2-4-6-20)25(30)22-17-21(7-8-24(22)26-19)29-13-15-31-16-14-29/h2-8,17H,9-16,18H2,1H3,(H,26,30). The quantitative estimate of drug-likeness (QED) is 0.706. The van der Waals surface area contributed by atoms with E-state index < -0.39 is 0 Å². The molecule has 3 heterocycles. The Balaban J connectivity index is 1.35. The largest absolute Gasteiger partial charge is 0.378 e. The van der Waals surface area contributed by atoms with Crippen molar-refractivity contribution in [1.82, 2.24) is 9.88 Å². The normalized spacial score (nSPS) is 18.0. The smallest absolute Gasteiger partial charge is 0.194 e. The van der Waals surface area contributed by atoms with Crippen molar-refractivity contribution < 1.29 is 4.74 Å². The Labute approximate surface area is 183 Å². The Morgan fingerprint density at radius 2 is 1.58 bits per heavy atom. The van der Waals surface area contributed by atoms with Gasteiger partial charge < -0.3 is 19.5 Å². The third-order valence-corrected chi connectivity index (χ3v) is 6.55. The fourth-order valence-electron chi connectivity index (χ4n) is 4.67. The van der Waals surface area contributed by atoms with Crippen LogP contribution in [-0.4, -0.2) is 62.4 Å². The van der Waals surface area contributed by atoms with Gasteiger partial charge in [0.25, 0.3) is 0 Å². The first-order chi connectivity index (χ1) is 15.2. The summed E-state index contributed by atoms with van der Waals surface area (Å²) in [5.41, 5.74) is 5.32. The van der Waals surface area contributed by atoms with Gasteiger partial charge in [0.1, 0.15) is 0 Å². The Morgan fingerprint density at radius 3 is 2.32 bits per heavy atom. The zero-order chi connectivity index (χ0) is 21.2. The highest BCUT2D eigenvalue weighted by Gasteiger charge is 2.20. The molecule has 5 rings (SSSR count). The van der Waals surface area contributed by atoms with E-state index in [1.807, 2.05) is 13.0 Å². The Morgan fingerprint density at radius 1 is 0.871 bits per heavy atom. The van der Waals surface area contributed by atoms with Crippen LogP contribution >= 0.6 is 0 Å². The van der Waals surface area contributed by atoms with Crippen molar-refractivity contribution in [3.8, 4) is 0 Å². The van der Waals surface area contributed by atoms with Gasteiger partial charge in [0, 0.05) is 79.3 Å². The maximum Gasteiger partial charge on any atom is 0.194 e. The van der Waals surface area contributed by atoms with Crippen LogP contribution in [0.5, 0.6) is 0 Å². The van der Waals surface area contributed by atoms with Crippen LogP contribution in [0.25, 0.3) is 10.9 Å². The maximum absolute atomic E-state index is 13.4. The lowest BCUT2D eigenvalue weighted by atomic mass is 10.1. The topological polar surface area (TPSA) is 51.8 Å². The Bertz CT molecular complexity index is 1100. The molecule has 2 aliphatic rings. The molecule has 0 atom stereocenters. The number of pyridine rings is 1. The molecule has 0 spiro atoms. The van der Waals surface area contributed by atoms with E-state index in [0.717, 1.165) is 80.3 Å². The number of H-pyrrole nitrogens is 1. The van der Waals surface area contributed by atoms with E-state index in [1.54, 1.807) is 0 Å². The average molecular weight is 419 g/mol. The van der Waals surface area contributed by atoms with Crippen LogP contribution in [-0.2, 0) is 11.3 Å². The lowest BCUT2D eigenvalue weighted by molar-refractivity contribution is 0.122. The molecular formula is C25H30N4O2. The highest BCUT2D eigenvalue weighted by atomic mass is 16.5. The first-order valence-corrected chi connectivity index (χ1v) is 11.2. The summed E-state index contributed by atoms with van der Waals surface area (Å²) in [6.07, 6.45) is 0. The molecule has 2 aromatic carbocycles. The molecule has 31 heavy (non-hydrogen) atoms. The monoisotopic (exact) mass is 418 g/mol. The lowest BCUT2D eigenvalue weighted by Gasteiger charge is -2.36. The molecule has 1 aromatic heterocycles. The first-order valence-electron chi connectivity index (χ1n) is 11.2. The second-order valence-corrected chi connectivity index (χ2v) is 8.49. The molecule has 0 radical (unpaired) electrons. The van der Waals surface area contributed by atoms with E-state index in [4.69, 9.17) is 4.74 Å². The Hall–Kier alpha value is -2.83. The summed E-state index contributed by atoms with van der Waals surface area (Å²) < 4.78 is 5.47. The van der Waals surface area contributed by atoms with E-state index in [0.29, 0.717) is 6.54 Å². The number of hydrogen-bond donors (Lipinski definition) is 1. The summed E-state index contributed by atoms with van der Waals surface area (Å²) in [7, 11) is 0. The highest BCUT2D eigenvalue weighted by Crippen LogP contribution is 2.22. The summed E-state index contributed by atoms with van der Waals surface area (Å²) in [5, 5.41) is 0.785. The van der Waals surface area contributed by atoms with Gasteiger partial charge in [0.05, 0.1) is 13.2 Å². The van der Waals surface area contributed by atoms with Crippen LogP contribution in [0.15, 0.2) is 53.3 Å². The molecule has 0 unspecified atom stereocenters. The predicted molar refractivity (Wildman–Crippen MR) is 126 cm³/mol. The highest BCUT2D eigenvalue weighted by molar-refractivity contribution is 5.83. The van der Waals surface area contributed by atoms with Gasteiger partial charge >= 0.3 is 0 Å². The number of morpholine rings is 1. The number of rotatable bonds is 4. The summed E-state index contributed by atoms with van der Waals surface area (Å²) in [6.45, 7) is 9.81. The number of aromatic amines is 1. The van der Waals surface area contributed by atoms with Gasteiger partial charge in [-0.1, -0.05) is 18.2 Å². The van der Waals surface area contributed by atoms with E-state index in [2.05, 4.69) is 62.1 Å². The van der Waals surface area contributed by atoms with Crippen molar-refractivity contribution in [3.63, 3.8) is 0 Å². The number of nitrogens with one attached hydrogen (secondary N) is 1. The van der Waals surface area contributed by atoms with Gasteiger partial charge in [-0.2, -0.15) is 0 Å². The van der Waals surface area contributed by atoms with E-state index in [9.17, 15) is 4.79 Å². The summed E-state index contributed by atoms with van der Waals surface area (Å²) in [6, 6.07) is 16.8. The van der Waals surface area contributed by atoms with Gasteiger partial charge in [-0.3, -0.25) is 9.69 Å². The SMILES string of the molecule is Cc1[nH]c2ccc(N3CCOCC3)cc2c(=O)c1CN1CCN(c2ccccc2)CC1. The van der Waals surface area contributed by atoms with Crippen LogP contribution in [0, 0.1) is 6.92 Å². The van der Waals surface area contributed by atoms with Gasteiger partial charge in [-0.15, -0.1) is 0 Å². The molecule has 3 aromatic rings. The number of aromatic nitrogens is 1. The zero-order valence-corrected chi connectivity index (χ0v) is 18.1. The fraction of sp³-hybridized carbons (Fsp3) is 0.400. The van der Waals surface area contributed by atoms with Gasteiger partial charge in [0.2, 0.25) is 0 Å². The molecule has 0 aliphatic carbocycles. The van der Waals surface area contributed by atoms with E-state index in [1.165, 1.54) is 5.69 Å². The number of aryl methyl sites for hydroxylation is 1. The van der Waals surface area contributed by atoms with Gasteiger partial charge in [-0.05, 0) is 37.3 Å². The number of ether oxygens (including phenoxy) is 1. The maximum atomic E-state index is 13.4. The van der Waals surface area contributed by atoms with E-state index in [-0.39, 0.29) is 5.43 Å². The second kappa shape index (κ2) is 8.73. The number of benzene rings is 2. The van der Waals surface area contributed by atoms with Crippen molar-refractivity contribution >= 4 is 22.3 Å². The molecule has 2 saturated heterocycles. The molecule has 6 nitrogen and oxygen atoms in total. The average Bonchev–Trinajstić information content (AvgIpc) is 2.83. The van der Waals surface area contributed by atoms with Crippen molar-refractivity contribution in [3.05, 3.63) is 70.0 Å². The fourth-order valence-corrected chi connectivity index (χ4v) is 4.67. The van der Waals surface area contributed by atoms with Crippen LogP contribution in [0.1, 0.15) is 11.3 Å². The Kier molecular flexibility index (Phi) is 5.66. The summed E-state index contributed by atoms with van der Waals surface area (Å²) >= 11 is 0. The van der Waals surface area contributed by atoms with Crippen LogP contribution in [0.4, 0.5) is 11.4 Å². The van der Waals surface area contributed by atoms with Gasteiger partial charge in [0.15, 0.2) is 5.43 Å². The number of fused-ring (bicyclic) bond motifs is 1. The number of piperazine rings is 1. The number of para-hydroxylation sites is 1. The second-order valence-electron chi connectivity index (χ2n) is 8.49. The predicted octanol–water partition coefficient (Wildman–Crippen LogP) is 3.00. The van der Waals surface area contributed by atoms with Crippen molar-refractivity contribution in [2.75, 3.05) is 62.3 Å². The number of hydrogen-bond acceptors (Lipinski definition) is 5. The molecule has 1 N–H and O–H groups in total. The minimum atomic E-state index is 0.159. The molecule has 162 valence electrons. The van der Waals surface area contributed by atoms with Crippen molar-refractivity contribution in [1.29, 1.82) is 0 Å². The van der Waals surface area contributed by atoms with Gasteiger partial charge in [-0.25, -0.2) is 0 Å². The van der Waals surface area contributed by atoms with Crippen molar-refractivity contribution in [2.24, 2.45) is 0 Å². The van der Waals surface area contributed by atoms with E-state index >= 15 is 0 Å². The summed E-state index contributed by atoms with van der Waals surface area (Å²) in [4.78, 5) is 24.0. The molecular weight excluding hydrogens is 388 g/mol. The third kappa shape index (κ3) is 4.18. The van der Waals surface area contributed by atoms with Crippen molar-refractivity contribution in [2.45, 2.75) is 13.5 Å². The van der Waals surface area contributed by atoms with Crippen LogP contribution in [0.3, 0.4) is 0 Å². The summed E-state index contributed by atoms with van der Waals surface area (Å²) in [5.74, 6) is 0. The minimum Gasteiger partial charge on any atom is -0.378 e. The molecule has 0 saturated carbocycles. The third-order valence-electron chi connectivity index (χ3n) is 6.55. The van der Waals surface area contributed by atoms with Crippen LogP contribution < -0.4 is 15.2 Å².